The first-order valence-corrected chi connectivity index (χ1v) is 5.73. The van der Waals surface area contributed by atoms with Crippen molar-refractivity contribution < 1.29 is 13.2 Å². The van der Waals surface area contributed by atoms with Gasteiger partial charge in [0.2, 0.25) is 0 Å². The maximum absolute atomic E-state index is 12.6. The van der Waals surface area contributed by atoms with Crippen molar-refractivity contribution in [2.75, 3.05) is 5.32 Å². The molecule has 0 aliphatic carbocycles. The number of nitrogens with one attached hydrogen (secondary N) is 1. The van der Waals surface area contributed by atoms with E-state index in [0.717, 1.165) is 18.2 Å². The first-order valence-electron chi connectivity index (χ1n) is 4.97. The molecule has 0 saturated carbocycles. The number of hydrogen-bond donors (Lipinski definition) is 1. The van der Waals surface area contributed by atoms with Gasteiger partial charge in [-0.1, -0.05) is 23.2 Å². The van der Waals surface area contributed by atoms with Gasteiger partial charge in [-0.15, -0.1) is 0 Å². The predicted octanol–water partition coefficient (Wildman–Crippen LogP) is 4.55. The third-order valence-corrected chi connectivity index (χ3v) is 2.67. The van der Waals surface area contributed by atoms with E-state index >= 15 is 0 Å². The van der Waals surface area contributed by atoms with Crippen LogP contribution in [0.25, 0.3) is 0 Å². The summed E-state index contributed by atoms with van der Waals surface area (Å²) in [7, 11) is 0. The molecule has 1 aromatic carbocycles. The van der Waals surface area contributed by atoms with E-state index in [-0.39, 0.29) is 21.7 Å². The largest absolute Gasteiger partial charge is 0.416 e. The fourth-order valence-corrected chi connectivity index (χ4v) is 1.65. The zero-order valence-electron chi connectivity index (χ0n) is 9.17. The Morgan fingerprint density at radius 2 is 1.84 bits per heavy atom. The Morgan fingerprint density at radius 1 is 1.11 bits per heavy atom. The van der Waals surface area contributed by atoms with Gasteiger partial charge in [0, 0.05) is 0 Å². The Labute approximate surface area is 116 Å². The number of halogens is 5. The van der Waals surface area contributed by atoms with E-state index in [1.165, 1.54) is 12.4 Å². The quantitative estimate of drug-likeness (QED) is 0.884. The van der Waals surface area contributed by atoms with Crippen molar-refractivity contribution in [3.05, 3.63) is 46.3 Å². The van der Waals surface area contributed by atoms with Gasteiger partial charge in [-0.3, -0.25) is 4.98 Å². The summed E-state index contributed by atoms with van der Waals surface area (Å²) in [5, 5.41) is 2.89. The Kier molecular flexibility index (Phi) is 3.82. The molecule has 100 valence electrons. The number of anilines is 2. The molecule has 1 heterocycles. The van der Waals surface area contributed by atoms with E-state index in [2.05, 4.69) is 15.3 Å². The molecule has 0 unspecified atom stereocenters. The SMILES string of the molecule is FC(F)(F)c1ccc(Cl)c(Nc2cncc(Cl)n2)c1. The second-order valence-electron chi connectivity index (χ2n) is 3.54. The number of rotatable bonds is 2. The highest BCUT2D eigenvalue weighted by Gasteiger charge is 2.31. The summed E-state index contributed by atoms with van der Waals surface area (Å²) < 4.78 is 37.7. The topological polar surface area (TPSA) is 37.8 Å². The van der Waals surface area contributed by atoms with Crippen LogP contribution in [0.1, 0.15) is 5.56 Å². The minimum Gasteiger partial charge on any atom is -0.338 e. The first kappa shape index (κ1) is 13.9. The van der Waals surface area contributed by atoms with Gasteiger partial charge >= 0.3 is 6.18 Å². The second-order valence-corrected chi connectivity index (χ2v) is 4.34. The smallest absolute Gasteiger partial charge is 0.338 e. The van der Waals surface area contributed by atoms with Crippen LogP contribution in [0.2, 0.25) is 10.2 Å². The maximum Gasteiger partial charge on any atom is 0.416 e. The fourth-order valence-electron chi connectivity index (χ4n) is 1.34. The standard InChI is InChI=1S/C11H6Cl2F3N3/c12-7-2-1-6(11(14,15)16)3-8(7)18-10-5-17-4-9(13)19-10/h1-5H,(H,18,19). The molecule has 0 radical (unpaired) electrons. The molecule has 0 spiro atoms. The van der Waals surface area contributed by atoms with Gasteiger partial charge in [0.05, 0.1) is 28.7 Å². The lowest BCUT2D eigenvalue weighted by Gasteiger charge is -2.11. The average molecular weight is 308 g/mol. The summed E-state index contributed by atoms with van der Waals surface area (Å²) in [6.45, 7) is 0. The van der Waals surface area contributed by atoms with Crippen molar-refractivity contribution in [1.82, 2.24) is 9.97 Å². The van der Waals surface area contributed by atoms with Gasteiger partial charge in [0.1, 0.15) is 5.15 Å². The zero-order chi connectivity index (χ0) is 14.0. The first-order chi connectivity index (χ1) is 8.86. The number of benzene rings is 1. The fraction of sp³-hybridized carbons (Fsp3) is 0.0909. The molecule has 0 fully saturated rings. The molecule has 1 aromatic heterocycles. The molecule has 0 amide bonds. The van der Waals surface area contributed by atoms with Crippen LogP contribution in [0.3, 0.4) is 0 Å². The zero-order valence-corrected chi connectivity index (χ0v) is 10.7. The van der Waals surface area contributed by atoms with Crippen LogP contribution in [0.4, 0.5) is 24.7 Å². The van der Waals surface area contributed by atoms with Crippen molar-refractivity contribution in [1.29, 1.82) is 0 Å². The third kappa shape index (κ3) is 3.48. The molecule has 2 aromatic rings. The van der Waals surface area contributed by atoms with E-state index in [4.69, 9.17) is 23.2 Å². The lowest BCUT2D eigenvalue weighted by molar-refractivity contribution is -0.137. The summed E-state index contributed by atoms with van der Waals surface area (Å²) in [4.78, 5) is 7.61. The van der Waals surface area contributed by atoms with Gasteiger partial charge in [0.15, 0.2) is 5.82 Å². The molecule has 19 heavy (non-hydrogen) atoms. The van der Waals surface area contributed by atoms with Crippen molar-refractivity contribution in [3.8, 4) is 0 Å². The van der Waals surface area contributed by atoms with Crippen LogP contribution in [-0.4, -0.2) is 9.97 Å². The minimum absolute atomic E-state index is 0.0769. The van der Waals surface area contributed by atoms with Crippen LogP contribution >= 0.6 is 23.2 Å². The van der Waals surface area contributed by atoms with Gasteiger partial charge < -0.3 is 5.32 Å². The Balaban J connectivity index is 2.34. The monoisotopic (exact) mass is 307 g/mol. The van der Waals surface area contributed by atoms with Crippen LogP contribution in [0, 0.1) is 0 Å². The molecule has 8 heteroatoms. The minimum atomic E-state index is -4.44. The third-order valence-electron chi connectivity index (χ3n) is 2.16. The summed E-state index contributed by atoms with van der Waals surface area (Å²) in [6.07, 6.45) is -1.82. The molecule has 0 aliphatic rings. The lowest BCUT2D eigenvalue weighted by atomic mass is 10.2. The van der Waals surface area contributed by atoms with Gasteiger partial charge in [-0.2, -0.15) is 13.2 Å². The van der Waals surface area contributed by atoms with Crippen molar-refractivity contribution >= 4 is 34.7 Å². The normalized spacial score (nSPS) is 11.4. The second kappa shape index (κ2) is 5.22. The molecule has 0 atom stereocenters. The summed E-state index contributed by atoms with van der Waals surface area (Å²) >= 11 is 11.5. The molecular formula is C11H6Cl2F3N3. The van der Waals surface area contributed by atoms with Gasteiger partial charge in [-0.25, -0.2) is 4.98 Å². The van der Waals surface area contributed by atoms with Gasteiger partial charge in [-0.05, 0) is 18.2 Å². The van der Waals surface area contributed by atoms with E-state index < -0.39 is 11.7 Å². The van der Waals surface area contributed by atoms with E-state index in [9.17, 15) is 13.2 Å². The van der Waals surface area contributed by atoms with Gasteiger partial charge in [0.25, 0.3) is 0 Å². The van der Waals surface area contributed by atoms with E-state index in [0.29, 0.717) is 0 Å². The maximum atomic E-state index is 12.6. The molecule has 0 aliphatic heterocycles. The lowest BCUT2D eigenvalue weighted by Crippen LogP contribution is -2.06. The molecule has 3 nitrogen and oxygen atoms in total. The average Bonchev–Trinajstić information content (AvgIpc) is 2.30. The Hall–Kier alpha value is -1.53. The number of hydrogen-bond acceptors (Lipinski definition) is 3. The van der Waals surface area contributed by atoms with E-state index in [1.807, 2.05) is 0 Å². The van der Waals surface area contributed by atoms with Crippen molar-refractivity contribution in [2.24, 2.45) is 0 Å². The number of aromatic nitrogens is 2. The number of nitrogens with zero attached hydrogens (tertiary/aromatic N) is 2. The highest BCUT2D eigenvalue weighted by molar-refractivity contribution is 6.33. The van der Waals surface area contributed by atoms with Crippen LogP contribution in [0.5, 0.6) is 0 Å². The highest BCUT2D eigenvalue weighted by atomic mass is 35.5. The molecule has 2 rings (SSSR count). The molecule has 0 bridgehead atoms. The summed E-state index contributed by atoms with van der Waals surface area (Å²) in [5.41, 5.74) is -0.734. The highest BCUT2D eigenvalue weighted by Crippen LogP contribution is 2.34. The summed E-state index contributed by atoms with van der Waals surface area (Å²) in [6, 6.07) is 2.95. The number of alkyl halides is 3. The summed E-state index contributed by atoms with van der Waals surface area (Å²) in [5.74, 6) is 0.203. The van der Waals surface area contributed by atoms with Crippen molar-refractivity contribution in [3.63, 3.8) is 0 Å². The van der Waals surface area contributed by atoms with E-state index in [1.54, 1.807) is 0 Å². The molecule has 0 saturated heterocycles. The van der Waals surface area contributed by atoms with Crippen LogP contribution in [-0.2, 0) is 6.18 Å². The van der Waals surface area contributed by atoms with Crippen LogP contribution < -0.4 is 5.32 Å². The Bertz CT molecular complexity index is 602. The Morgan fingerprint density at radius 3 is 2.47 bits per heavy atom. The van der Waals surface area contributed by atoms with Crippen LogP contribution in [0.15, 0.2) is 30.6 Å². The molecule has 1 N–H and O–H groups in total. The predicted molar refractivity (Wildman–Crippen MR) is 66.8 cm³/mol. The molecular weight excluding hydrogens is 302 g/mol. The van der Waals surface area contributed by atoms with Crippen molar-refractivity contribution in [2.45, 2.75) is 6.18 Å².